The number of hydrogen-bond acceptors (Lipinski definition) is 6. The maximum atomic E-state index is 11.6. The van der Waals surface area contributed by atoms with Gasteiger partial charge in [0.25, 0.3) is 0 Å². The molecule has 1 heterocycles. The highest BCUT2D eigenvalue weighted by Crippen LogP contribution is 2.24. The Kier molecular flexibility index (Phi) is 4.79. The molecule has 0 N–H and O–H groups in total. The normalized spacial score (nSPS) is 17.0. The van der Waals surface area contributed by atoms with Gasteiger partial charge in [-0.1, -0.05) is 29.5 Å². The molecule has 0 radical (unpaired) electrons. The first-order valence-corrected chi connectivity index (χ1v) is 7.66. The third-order valence-electron chi connectivity index (χ3n) is 2.67. The molecule has 0 bridgehead atoms. The molecule has 1 aliphatic rings. The SMILES string of the molecule is Cc1nnc(SCC(=O)OC2CCCCC2)s1. The van der Waals surface area contributed by atoms with Crippen LogP contribution in [-0.2, 0) is 9.53 Å². The first-order chi connectivity index (χ1) is 8.24. The van der Waals surface area contributed by atoms with Crippen LogP contribution in [0.25, 0.3) is 0 Å². The van der Waals surface area contributed by atoms with Crippen molar-refractivity contribution in [2.45, 2.75) is 49.5 Å². The maximum Gasteiger partial charge on any atom is 0.316 e. The van der Waals surface area contributed by atoms with E-state index in [0.29, 0.717) is 5.75 Å². The Labute approximate surface area is 109 Å². The Balaban J connectivity index is 1.70. The van der Waals surface area contributed by atoms with Crippen molar-refractivity contribution in [2.75, 3.05) is 5.75 Å². The molecule has 17 heavy (non-hydrogen) atoms. The van der Waals surface area contributed by atoms with Gasteiger partial charge >= 0.3 is 5.97 Å². The van der Waals surface area contributed by atoms with E-state index in [2.05, 4.69) is 10.2 Å². The summed E-state index contributed by atoms with van der Waals surface area (Å²) in [5.74, 6) is 0.209. The first kappa shape index (κ1) is 12.8. The molecule has 1 aromatic heterocycles. The second-order valence-electron chi connectivity index (χ2n) is 4.13. The molecule has 4 nitrogen and oxygen atoms in total. The van der Waals surface area contributed by atoms with E-state index in [-0.39, 0.29) is 12.1 Å². The molecule has 0 amide bonds. The topological polar surface area (TPSA) is 52.1 Å². The summed E-state index contributed by atoms with van der Waals surface area (Å²) in [6.45, 7) is 1.90. The number of carbonyl (C=O) groups excluding carboxylic acids is 1. The Morgan fingerprint density at radius 3 is 2.82 bits per heavy atom. The highest BCUT2D eigenvalue weighted by Gasteiger charge is 2.18. The average Bonchev–Trinajstić information content (AvgIpc) is 2.74. The second kappa shape index (κ2) is 6.35. The van der Waals surface area contributed by atoms with Crippen molar-refractivity contribution in [3.8, 4) is 0 Å². The summed E-state index contributed by atoms with van der Waals surface area (Å²) < 4.78 is 6.25. The van der Waals surface area contributed by atoms with Gasteiger partial charge in [-0.05, 0) is 32.6 Å². The second-order valence-corrected chi connectivity index (χ2v) is 6.53. The summed E-state index contributed by atoms with van der Waals surface area (Å²) in [7, 11) is 0. The van der Waals surface area contributed by atoms with Crippen LogP contribution in [-0.4, -0.2) is 28.0 Å². The van der Waals surface area contributed by atoms with Crippen LogP contribution in [0, 0.1) is 6.92 Å². The number of ether oxygens (including phenoxy) is 1. The van der Waals surface area contributed by atoms with Gasteiger partial charge in [0.1, 0.15) is 11.1 Å². The zero-order chi connectivity index (χ0) is 12.1. The summed E-state index contributed by atoms with van der Waals surface area (Å²) in [4.78, 5) is 11.6. The van der Waals surface area contributed by atoms with Crippen LogP contribution >= 0.6 is 23.1 Å². The van der Waals surface area contributed by atoms with Crippen LogP contribution in [0.5, 0.6) is 0 Å². The lowest BCUT2D eigenvalue weighted by molar-refractivity contribution is -0.147. The van der Waals surface area contributed by atoms with Crippen molar-refractivity contribution in [3.63, 3.8) is 0 Å². The number of rotatable bonds is 4. The first-order valence-electron chi connectivity index (χ1n) is 5.86. The number of carbonyl (C=O) groups is 1. The van der Waals surface area contributed by atoms with E-state index < -0.39 is 0 Å². The lowest BCUT2D eigenvalue weighted by Gasteiger charge is -2.21. The van der Waals surface area contributed by atoms with Crippen LogP contribution in [0.3, 0.4) is 0 Å². The molecule has 1 aliphatic carbocycles. The molecule has 6 heteroatoms. The fraction of sp³-hybridized carbons (Fsp3) is 0.727. The fourth-order valence-electron chi connectivity index (χ4n) is 1.86. The monoisotopic (exact) mass is 272 g/mol. The van der Waals surface area contributed by atoms with Gasteiger partial charge in [-0.3, -0.25) is 4.79 Å². The van der Waals surface area contributed by atoms with Gasteiger partial charge in [0.2, 0.25) is 0 Å². The van der Waals surface area contributed by atoms with Gasteiger partial charge in [0, 0.05) is 0 Å². The highest BCUT2D eigenvalue weighted by atomic mass is 32.2. The highest BCUT2D eigenvalue weighted by molar-refractivity contribution is 8.01. The van der Waals surface area contributed by atoms with Gasteiger partial charge in [-0.15, -0.1) is 10.2 Å². The molecule has 2 rings (SSSR count). The van der Waals surface area contributed by atoms with Gasteiger partial charge in [-0.25, -0.2) is 0 Å². The molecule has 0 spiro atoms. The summed E-state index contributed by atoms with van der Waals surface area (Å²) in [5, 5.41) is 8.79. The van der Waals surface area contributed by atoms with Crippen molar-refractivity contribution in [3.05, 3.63) is 5.01 Å². The van der Waals surface area contributed by atoms with Gasteiger partial charge in [0.15, 0.2) is 4.34 Å². The molecule has 1 fully saturated rings. The molecule has 1 aromatic rings. The molecular formula is C11H16N2O2S2. The molecule has 0 saturated heterocycles. The van der Waals surface area contributed by atoms with E-state index >= 15 is 0 Å². The molecular weight excluding hydrogens is 256 g/mol. The number of esters is 1. The lowest BCUT2D eigenvalue weighted by Crippen LogP contribution is -2.21. The molecule has 94 valence electrons. The fourth-order valence-corrected chi connectivity index (χ4v) is 3.46. The van der Waals surface area contributed by atoms with Crippen LogP contribution in [0.2, 0.25) is 0 Å². The van der Waals surface area contributed by atoms with E-state index in [1.54, 1.807) is 0 Å². The van der Waals surface area contributed by atoms with E-state index in [1.807, 2.05) is 6.92 Å². The maximum absolute atomic E-state index is 11.6. The largest absolute Gasteiger partial charge is 0.462 e. The lowest BCUT2D eigenvalue weighted by atomic mass is 9.98. The van der Waals surface area contributed by atoms with E-state index in [4.69, 9.17) is 4.74 Å². The molecule has 0 aliphatic heterocycles. The smallest absolute Gasteiger partial charge is 0.316 e. The van der Waals surface area contributed by atoms with Crippen molar-refractivity contribution in [2.24, 2.45) is 0 Å². The molecule has 1 saturated carbocycles. The number of aryl methyl sites for hydroxylation is 1. The van der Waals surface area contributed by atoms with Gasteiger partial charge < -0.3 is 4.74 Å². The van der Waals surface area contributed by atoms with Crippen molar-refractivity contribution in [1.82, 2.24) is 10.2 Å². The van der Waals surface area contributed by atoms with E-state index in [9.17, 15) is 4.79 Å². The summed E-state index contributed by atoms with van der Waals surface area (Å²) in [6.07, 6.45) is 5.82. The van der Waals surface area contributed by atoms with Crippen LogP contribution in [0.15, 0.2) is 4.34 Å². The minimum Gasteiger partial charge on any atom is -0.462 e. The predicted octanol–water partition coefficient (Wildman–Crippen LogP) is 2.81. The van der Waals surface area contributed by atoms with Crippen LogP contribution < -0.4 is 0 Å². The summed E-state index contributed by atoms with van der Waals surface area (Å²) >= 11 is 2.92. The van der Waals surface area contributed by atoms with Gasteiger partial charge in [-0.2, -0.15) is 0 Å². The van der Waals surface area contributed by atoms with E-state index in [0.717, 1.165) is 22.2 Å². The summed E-state index contributed by atoms with van der Waals surface area (Å²) in [6, 6.07) is 0. The molecule has 0 unspecified atom stereocenters. The van der Waals surface area contributed by atoms with Crippen molar-refractivity contribution in [1.29, 1.82) is 0 Å². The van der Waals surface area contributed by atoms with Crippen molar-refractivity contribution >= 4 is 29.1 Å². The van der Waals surface area contributed by atoms with E-state index in [1.165, 1.54) is 42.4 Å². The Morgan fingerprint density at radius 2 is 2.18 bits per heavy atom. The summed E-state index contributed by atoms with van der Waals surface area (Å²) in [5.41, 5.74) is 0. The predicted molar refractivity (Wildman–Crippen MR) is 68.3 cm³/mol. The van der Waals surface area contributed by atoms with Gasteiger partial charge in [0.05, 0.1) is 5.75 Å². The Hall–Kier alpha value is -0.620. The van der Waals surface area contributed by atoms with Crippen LogP contribution in [0.1, 0.15) is 37.1 Å². The zero-order valence-corrected chi connectivity index (χ0v) is 11.5. The number of aromatic nitrogens is 2. The number of thioether (sulfide) groups is 1. The van der Waals surface area contributed by atoms with Crippen molar-refractivity contribution < 1.29 is 9.53 Å². The molecule has 0 atom stereocenters. The average molecular weight is 272 g/mol. The standard InChI is InChI=1S/C11H16N2O2S2/c1-8-12-13-11(17-8)16-7-10(14)15-9-5-3-2-4-6-9/h9H,2-7H2,1H3. The Morgan fingerprint density at radius 1 is 1.41 bits per heavy atom. The molecule has 0 aromatic carbocycles. The minimum absolute atomic E-state index is 0.130. The van der Waals surface area contributed by atoms with Crippen LogP contribution in [0.4, 0.5) is 0 Å². The Bertz CT molecular complexity index is 375. The minimum atomic E-state index is -0.130. The zero-order valence-electron chi connectivity index (χ0n) is 9.85. The third-order valence-corrected chi connectivity index (χ3v) is 4.62. The number of nitrogens with zero attached hydrogens (tertiary/aromatic N) is 2. The third kappa shape index (κ3) is 4.27. The quantitative estimate of drug-likeness (QED) is 0.623. The number of hydrogen-bond donors (Lipinski definition) is 0.